The van der Waals surface area contributed by atoms with Crippen molar-refractivity contribution in [2.75, 3.05) is 0 Å². The zero-order valence-corrected chi connectivity index (χ0v) is 16.8. The highest BCUT2D eigenvalue weighted by atomic mass is 19.1. The highest BCUT2D eigenvalue weighted by Gasteiger charge is 2.18. The Hall–Kier alpha value is -3.80. The second-order valence-corrected chi connectivity index (χ2v) is 7.68. The van der Waals surface area contributed by atoms with Crippen molar-refractivity contribution in [2.24, 2.45) is 0 Å². The zero-order valence-electron chi connectivity index (χ0n) is 16.8. The smallest absolute Gasteiger partial charge is 0.278 e. The van der Waals surface area contributed by atoms with Crippen LogP contribution in [-0.4, -0.2) is 14.1 Å². The Balaban J connectivity index is 1.73. The highest BCUT2D eigenvalue weighted by Crippen LogP contribution is 2.27. The van der Waals surface area contributed by atoms with Crippen LogP contribution in [0.15, 0.2) is 77.9 Å². The van der Waals surface area contributed by atoms with Crippen LogP contribution in [0.2, 0.25) is 0 Å². The number of hydrogen-bond acceptors (Lipinski definition) is 2. The summed E-state index contributed by atoms with van der Waals surface area (Å²) >= 11 is 0. The molecule has 6 heteroatoms. The summed E-state index contributed by atoms with van der Waals surface area (Å²) in [6.45, 7) is 2.76. The lowest BCUT2D eigenvalue weighted by molar-refractivity contribution is 0.626. The van der Waals surface area contributed by atoms with E-state index < -0.39 is 0 Å². The van der Waals surface area contributed by atoms with Crippen LogP contribution < -0.4 is 5.56 Å². The minimum atomic E-state index is -0.375. The minimum Gasteiger partial charge on any atom is -0.330 e. The third-order valence-corrected chi connectivity index (χ3v) is 5.64. The quantitative estimate of drug-likeness (QED) is 0.413. The predicted molar refractivity (Wildman–Crippen MR) is 117 cm³/mol. The molecule has 0 radical (unpaired) electrons. The Morgan fingerprint density at radius 3 is 2.42 bits per heavy atom. The number of rotatable bonds is 4. The number of hydrogen-bond donors (Lipinski definition) is 0. The van der Waals surface area contributed by atoms with Gasteiger partial charge in [-0.3, -0.25) is 9.36 Å². The van der Waals surface area contributed by atoms with Crippen molar-refractivity contribution in [1.82, 2.24) is 14.1 Å². The molecule has 4 nitrogen and oxygen atoms in total. The standard InChI is InChI=1S/C25H19F2N3O/c1-16-4-2-3-5-18(16)14-30-22-11-10-20(27)12-21(22)23-24(30)25(31)29(15-28-23)13-17-6-8-19(26)9-7-17/h2-12,15H,13-14H2,1H3. The van der Waals surface area contributed by atoms with Gasteiger partial charge in [0.1, 0.15) is 22.7 Å². The molecule has 3 aromatic carbocycles. The molecule has 0 saturated carbocycles. The van der Waals surface area contributed by atoms with Crippen LogP contribution in [0.4, 0.5) is 8.78 Å². The van der Waals surface area contributed by atoms with Crippen LogP contribution in [0.5, 0.6) is 0 Å². The molecule has 0 aliphatic carbocycles. The van der Waals surface area contributed by atoms with Crippen LogP contribution in [-0.2, 0) is 13.1 Å². The summed E-state index contributed by atoms with van der Waals surface area (Å²) in [4.78, 5) is 18.0. The van der Waals surface area contributed by atoms with Crippen LogP contribution >= 0.6 is 0 Å². The molecule has 0 bridgehead atoms. The fraction of sp³-hybridized carbons (Fsp3) is 0.120. The summed E-state index contributed by atoms with van der Waals surface area (Å²) in [6, 6.07) is 18.5. The monoisotopic (exact) mass is 415 g/mol. The molecular weight excluding hydrogens is 396 g/mol. The third kappa shape index (κ3) is 3.40. The molecule has 2 heterocycles. The maximum atomic E-state index is 14.0. The maximum Gasteiger partial charge on any atom is 0.278 e. The van der Waals surface area contributed by atoms with Gasteiger partial charge < -0.3 is 4.57 Å². The van der Waals surface area contributed by atoms with Crippen molar-refractivity contribution >= 4 is 21.9 Å². The Kier molecular flexibility index (Phi) is 4.62. The van der Waals surface area contributed by atoms with E-state index in [-0.39, 0.29) is 23.7 Å². The Bertz CT molecular complexity index is 1480. The molecule has 0 atom stereocenters. The summed E-state index contributed by atoms with van der Waals surface area (Å²) in [7, 11) is 0. The molecule has 0 aliphatic heterocycles. The van der Waals surface area contributed by atoms with E-state index in [0.717, 1.165) is 22.2 Å². The molecule has 5 aromatic rings. The van der Waals surface area contributed by atoms with Crippen molar-refractivity contribution < 1.29 is 8.78 Å². The lowest BCUT2D eigenvalue weighted by atomic mass is 10.1. The summed E-state index contributed by atoms with van der Waals surface area (Å²) in [5.74, 6) is -0.704. The molecule has 0 fully saturated rings. The lowest BCUT2D eigenvalue weighted by Crippen LogP contribution is -2.23. The summed E-state index contributed by atoms with van der Waals surface area (Å²) in [5.41, 5.74) is 4.39. The number of fused-ring (bicyclic) bond motifs is 3. The van der Waals surface area contributed by atoms with E-state index >= 15 is 0 Å². The second kappa shape index (κ2) is 7.47. The van der Waals surface area contributed by atoms with Gasteiger partial charge in [0.25, 0.3) is 5.56 Å². The molecule has 0 saturated heterocycles. The van der Waals surface area contributed by atoms with Gasteiger partial charge in [-0.05, 0) is 53.9 Å². The largest absolute Gasteiger partial charge is 0.330 e. The van der Waals surface area contributed by atoms with E-state index in [2.05, 4.69) is 4.98 Å². The lowest BCUT2D eigenvalue weighted by Gasteiger charge is -2.11. The van der Waals surface area contributed by atoms with E-state index in [0.29, 0.717) is 23.0 Å². The Labute approximate surface area is 177 Å². The topological polar surface area (TPSA) is 39.8 Å². The van der Waals surface area contributed by atoms with Gasteiger partial charge in [-0.2, -0.15) is 0 Å². The molecule has 0 aliphatic rings. The fourth-order valence-electron chi connectivity index (χ4n) is 3.99. The van der Waals surface area contributed by atoms with Gasteiger partial charge in [-0.25, -0.2) is 13.8 Å². The summed E-state index contributed by atoms with van der Waals surface area (Å²) in [6.07, 6.45) is 1.47. The zero-order chi connectivity index (χ0) is 21.5. The van der Waals surface area contributed by atoms with Crippen LogP contribution in [0, 0.1) is 18.6 Å². The molecular formula is C25H19F2N3O. The molecule has 2 aromatic heterocycles. The van der Waals surface area contributed by atoms with Crippen molar-refractivity contribution in [3.8, 4) is 0 Å². The van der Waals surface area contributed by atoms with Crippen LogP contribution in [0.25, 0.3) is 21.9 Å². The van der Waals surface area contributed by atoms with E-state index in [1.54, 1.807) is 18.2 Å². The van der Waals surface area contributed by atoms with Gasteiger partial charge in [0.2, 0.25) is 0 Å². The van der Waals surface area contributed by atoms with E-state index in [4.69, 9.17) is 0 Å². The van der Waals surface area contributed by atoms with E-state index in [1.165, 1.54) is 35.2 Å². The minimum absolute atomic E-state index is 0.223. The number of nitrogens with zero attached hydrogens (tertiary/aromatic N) is 3. The van der Waals surface area contributed by atoms with Gasteiger partial charge in [-0.15, -0.1) is 0 Å². The molecule has 5 rings (SSSR count). The fourth-order valence-corrected chi connectivity index (χ4v) is 3.99. The molecule has 0 unspecified atom stereocenters. The van der Waals surface area contributed by atoms with Crippen LogP contribution in [0.1, 0.15) is 16.7 Å². The number of benzene rings is 3. The molecule has 0 amide bonds. The van der Waals surface area contributed by atoms with E-state index in [9.17, 15) is 13.6 Å². The summed E-state index contributed by atoms with van der Waals surface area (Å²) in [5, 5.41) is 0.606. The summed E-state index contributed by atoms with van der Waals surface area (Å²) < 4.78 is 30.7. The Morgan fingerprint density at radius 2 is 1.65 bits per heavy atom. The van der Waals surface area contributed by atoms with Crippen molar-refractivity contribution in [3.05, 3.63) is 112 Å². The molecule has 31 heavy (non-hydrogen) atoms. The number of aromatic nitrogens is 3. The molecule has 0 N–H and O–H groups in total. The van der Waals surface area contributed by atoms with Gasteiger partial charge in [0.05, 0.1) is 18.4 Å². The van der Waals surface area contributed by atoms with Crippen LogP contribution in [0.3, 0.4) is 0 Å². The SMILES string of the molecule is Cc1ccccc1Cn1c2ccc(F)cc2c2ncn(Cc3ccc(F)cc3)c(=O)c21. The third-order valence-electron chi connectivity index (χ3n) is 5.64. The average molecular weight is 415 g/mol. The predicted octanol–water partition coefficient (Wildman–Crippen LogP) is 5.03. The second-order valence-electron chi connectivity index (χ2n) is 7.68. The first-order valence-electron chi connectivity index (χ1n) is 9.97. The highest BCUT2D eigenvalue weighted by molar-refractivity contribution is 6.05. The molecule has 0 spiro atoms. The normalized spacial score (nSPS) is 11.5. The molecule has 154 valence electrons. The number of aryl methyl sites for hydroxylation is 1. The van der Waals surface area contributed by atoms with Crippen molar-refractivity contribution in [3.63, 3.8) is 0 Å². The first kappa shape index (κ1) is 19.2. The van der Waals surface area contributed by atoms with Gasteiger partial charge in [-0.1, -0.05) is 36.4 Å². The van der Waals surface area contributed by atoms with Gasteiger partial charge in [0, 0.05) is 11.9 Å². The first-order chi connectivity index (χ1) is 15.0. The van der Waals surface area contributed by atoms with Gasteiger partial charge in [0.15, 0.2) is 0 Å². The maximum absolute atomic E-state index is 14.0. The van der Waals surface area contributed by atoms with Crippen molar-refractivity contribution in [2.45, 2.75) is 20.0 Å². The van der Waals surface area contributed by atoms with Crippen molar-refractivity contribution in [1.29, 1.82) is 0 Å². The Morgan fingerprint density at radius 1 is 0.903 bits per heavy atom. The van der Waals surface area contributed by atoms with E-state index in [1.807, 2.05) is 35.8 Å². The van der Waals surface area contributed by atoms with Gasteiger partial charge >= 0.3 is 0 Å². The average Bonchev–Trinajstić information content (AvgIpc) is 3.06. The number of halogens is 2. The first-order valence-corrected chi connectivity index (χ1v) is 9.97.